The number of carbonyl (C=O) groups is 2. The molecular weight excluding hydrogens is 326 g/mol. The van der Waals surface area contributed by atoms with E-state index in [-0.39, 0.29) is 18.0 Å². The molecule has 0 saturated carbocycles. The van der Waals surface area contributed by atoms with Gasteiger partial charge in [0.2, 0.25) is 5.91 Å². The second kappa shape index (κ2) is 8.55. The minimum atomic E-state index is -0.783. The van der Waals surface area contributed by atoms with Crippen LogP contribution in [0.15, 0.2) is 54.6 Å². The van der Waals surface area contributed by atoms with Crippen LogP contribution < -0.4 is 15.8 Å². The summed E-state index contributed by atoms with van der Waals surface area (Å²) in [5.74, 6) is -1.02. The van der Waals surface area contributed by atoms with Crippen LogP contribution in [0.1, 0.15) is 5.56 Å². The smallest absolute Gasteiger partial charge is 0.330 e. The number of non-ortho nitro benzene ring substituents is 1. The van der Waals surface area contributed by atoms with E-state index in [9.17, 15) is 19.7 Å². The van der Waals surface area contributed by atoms with Crippen molar-refractivity contribution in [3.05, 3.63) is 70.3 Å². The Balaban J connectivity index is 1.78. The van der Waals surface area contributed by atoms with Gasteiger partial charge in [0.05, 0.1) is 11.0 Å². The molecule has 3 N–H and O–H groups in total. The molecule has 2 aromatic rings. The highest BCUT2D eigenvalue weighted by Crippen LogP contribution is 2.17. The van der Waals surface area contributed by atoms with Gasteiger partial charge in [-0.15, -0.1) is 0 Å². The quantitative estimate of drug-likeness (QED) is 0.337. The normalized spacial score (nSPS) is 11.4. The highest BCUT2D eigenvalue weighted by Gasteiger charge is 2.16. The molecule has 0 fully saturated rings. The maximum atomic E-state index is 11.9. The molecule has 1 amide bonds. The third kappa shape index (κ3) is 5.70. The van der Waals surface area contributed by atoms with Crippen molar-refractivity contribution in [1.82, 2.24) is 5.32 Å². The lowest BCUT2D eigenvalue weighted by Gasteiger charge is -2.12. The summed E-state index contributed by atoms with van der Waals surface area (Å²) in [6.07, 6.45) is 0.351. The van der Waals surface area contributed by atoms with E-state index in [0.717, 1.165) is 5.56 Å². The second-order valence-corrected chi connectivity index (χ2v) is 5.24. The van der Waals surface area contributed by atoms with E-state index in [1.165, 1.54) is 24.3 Å². The van der Waals surface area contributed by atoms with Crippen molar-refractivity contribution in [2.75, 3.05) is 6.54 Å². The lowest BCUT2D eigenvalue weighted by Crippen LogP contribution is -2.44. The molecule has 2 rings (SSSR count). The molecule has 0 saturated heterocycles. The Kier molecular flexibility index (Phi) is 6.19. The number of ether oxygens (including phenoxy) is 1. The van der Waals surface area contributed by atoms with Crippen LogP contribution in [-0.2, 0) is 16.0 Å². The number of nitro groups is 1. The van der Waals surface area contributed by atoms with Crippen LogP contribution in [-0.4, -0.2) is 29.4 Å². The van der Waals surface area contributed by atoms with Gasteiger partial charge in [-0.3, -0.25) is 14.9 Å². The zero-order valence-electron chi connectivity index (χ0n) is 13.3. The van der Waals surface area contributed by atoms with Crippen molar-refractivity contribution in [3.8, 4) is 5.75 Å². The molecule has 0 spiro atoms. The van der Waals surface area contributed by atoms with Crippen LogP contribution in [0.5, 0.6) is 5.75 Å². The van der Waals surface area contributed by atoms with Crippen molar-refractivity contribution in [2.24, 2.45) is 5.73 Å². The molecule has 0 bridgehead atoms. The number of hydrogen-bond donors (Lipinski definition) is 2. The number of nitrogens with two attached hydrogens (primary N) is 1. The first-order valence-electron chi connectivity index (χ1n) is 7.48. The van der Waals surface area contributed by atoms with Crippen molar-refractivity contribution in [2.45, 2.75) is 12.5 Å². The first-order valence-corrected chi connectivity index (χ1v) is 7.48. The van der Waals surface area contributed by atoms with Crippen LogP contribution >= 0.6 is 0 Å². The molecule has 0 aliphatic heterocycles. The second-order valence-electron chi connectivity index (χ2n) is 5.24. The van der Waals surface area contributed by atoms with Gasteiger partial charge in [-0.05, 0) is 24.1 Å². The summed E-state index contributed by atoms with van der Waals surface area (Å²) in [5.41, 5.74) is 6.61. The molecule has 8 nitrogen and oxygen atoms in total. The number of nitrogens with zero attached hydrogens (tertiary/aromatic N) is 1. The molecule has 0 unspecified atom stereocenters. The Morgan fingerprint density at radius 2 is 1.76 bits per heavy atom. The van der Waals surface area contributed by atoms with E-state index in [1.807, 2.05) is 30.3 Å². The summed E-state index contributed by atoms with van der Waals surface area (Å²) < 4.78 is 4.98. The van der Waals surface area contributed by atoms with E-state index in [2.05, 4.69) is 5.32 Å². The summed E-state index contributed by atoms with van der Waals surface area (Å²) in [4.78, 5) is 33.6. The summed E-state index contributed by atoms with van der Waals surface area (Å²) in [6.45, 7) is -0.349. The van der Waals surface area contributed by atoms with Crippen molar-refractivity contribution in [1.29, 1.82) is 0 Å². The number of esters is 1. The third-order valence-corrected chi connectivity index (χ3v) is 3.32. The summed E-state index contributed by atoms with van der Waals surface area (Å²) in [5, 5.41) is 13.0. The first kappa shape index (κ1) is 18.1. The number of amides is 1. The van der Waals surface area contributed by atoms with Gasteiger partial charge in [0.15, 0.2) is 0 Å². The van der Waals surface area contributed by atoms with Gasteiger partial charge in [0.25, 0.3) is 5.69 Å². The van der Waals surface area contributed by atoms with Crippen molar-refractivity contribution >= 4 is 17.6 Å². The van der Waals surface area contributed by atoms with E-state index < -0.39 is 22.8 Å². The minimum Gasteiger partial charge on any atom is -0.425 e. The number of rotatable bonds is 7. The van der Waals surface area contributed by atoms with Crippen molar-refractivity contribution in [3.63, 3.8) is 0 Å². The van der Waals surface area contributed by atoms with Crippen LogP contribution in [0.25, 0.3) is 0 Å². The first-order chi connectivity index (χ1) is 12.0. The van der Waals surface area contributed by atoms with E-state index in [0.29, 0.717) is 6.42 Å². The zero-order valence-corrected chi connectivity index (χ0v) is 13.3. The molecule has 0 radical (unpaired) electrons. The van der Waals surface area contributed by atoms with Gasteiger partial charge in [-0.25, -0.2) is 4.79 Å². The van der Waals surface area contributed by atoms with Gasteiger partial charge in [0, 0.05) is 12.1 Å². The predicted octanol–water partition coefficient (Wildman–Crippen LogP) is 1.19. The van der Waals surface area contributed by atoms with Gasteiger partial charge in [-0.1, -0.05) is 30.3 Å². The maximum Gasteiger partial charge on any atom is 0.330 e. The van der Waals surface area contributed by atoms with Crippen molar-refractivity contribution < 1.29 is 19.2 Å². The molecule has 0 aromatic heterocycles. The van der Waals surface area contributed by atoms with E-state index in [1.54, 1.807) is 0 Å². The standard InChI is InChI=1S/C17H17N3O5/c18-15(10-12-4-2-1-3-5-12)17(22)19-11-16(21)25-14-8-6-13(7-9-14)20(23)24/h1-9,15H,10-11,18H2,(H,19,22)/t15-/m1/s1. The lowest BCUT2D eigenvalue weighted by molar-refractivity contribution is -0.384. The SMILES string of the molecule is N[C@H](Cc1ccccc1)C(=O)NCC(=O)Oc1ccc([N+](=O)[O-])cc1. The summed E-state index contributed by atoms with van der Waals surface area (Å²) >= 11 is 0. The fourth-order valence-electron chi connectivity index (χ4n) is 2.05. The van der Waals surface area contributed by atoms with Crippen LogP contribution in [0.4, 0.5) is 5.69 Å². The van der Waals surface area contributed by atoms with E-state index in [4.69, 9.17) is 10.5 Å². The zero-order chi connectivity index (χ0) is 18.2. The summed E-state index contributed by atoms with van der Waals surface area (Å²) in [6, 6.07) is 13.5. The fraction of sp³-hybridized carbons (Fsp3) is 0.176. The topological polar surface area (TPSA) is 125 Å². The highest BCUT2D eigenvalue weighted by atomic mass is 16.6. The minimum absolute atomic E-state index is 0.111. The van der Waals surface area contributed by atoms with E-state index >= 15 is 0 Å². The number of carbonyl (C=O) groups excluding carboxylic acids is 2. The Hall–Kier alpha value is -3.26. The molecule has 0 aliphatic carbocycles. The Morgan fingerprint density at radius 3 is 2.36 bits per heavy atom. The predicted molar refractivity (Wildman–Crippen MR) is 89.9 cm³/mol. The average molecular weight is 343 g/mol. The fourth-order valence-corrected chi connectivity index (χ4v) is 2.05. The molecule has 0 heterocycles. The molecular formula is C17H17N3O5. The largest absolute Gasteiger partial charge is 0.425 e. The monoisotopic (exact) mass is 343 g/mol. The molecule has 0 aliphatic rings. The third-order valence-electron chi connectivity index (χ3n) is 3.32. The van der Waals surface area contributed by atoms with Crippen LogP contribution in [0.3, 0.4) is 0 Å². The average Bonchev–Trinajstić information content (AvgIpc) is 2.61. The molecule has 8 heteroatoms. The van der Waals surface area contributed by atoms with Gasteiger partial charge < -0.3 is 15.8 Å². The van der Waals surface area contributed by atoms with Crippen LogP contribution in [0, 0.1) is 10.1 Å². The summed E-state index contributed by atoms with van der Waals surface area (Å²) in [7, 11) is 0. The van der Waals surface area contributed by atoms with Crippen LogP contribution in [0.2, 0.25) is 0 Å². The number of nitro benzene ring substituents is 1. The Bertz CT molecular complexity index is 747. The Labute approximate surface area is 143 Å². The van der Waals surface area contributed by atoms with Gasteiger partial charge >= 0.3 is 5.97 Å². The Morgan fingerprint density at radius 1 is 1.12 bits per heavy atom. The number of nitrogens with one attached hydrogen (secondary N) is 1. The maximum absolute atomic E-state index is 11.9. The highest BCUT2D eigenvalue weighted by molar-refractivity contribution is 5.86. The lowest BCUT2D eigenvalue weighted by atomic mass is 10.1. The molecule has 2 aromatic carbocycles. The molecule has 130 valence electrons. The molecule has 25 heavy (non-hydrogen) atoms. The molecule has 1 atom stereocenters. The van der Waals surface area contributed by atoms with Gasteiger partial charge in [-0.2, -0.15) is 0 Å². The number of benzene rings is 2. The number of hydrogen-bond acceptors (Lipinski definition) is 6. The van der Waals surface area contributed by atoms with Gasteiger partial charge in [0.1, 0.15) is 12.3 Å².